The van der Waals surface area contributed by atoms with Gasteiger partial charge in [-0.3, -0.25) is 14.4 Å². The lowest BCUT2D eigenvalue weighted by atomic mass is 9.44. The third-order valence-corrected chi connectivity index (χ3v) is 9.06. The van der Waals surface area contributed by atoms with Gasteiger partial charge in [-0.2, -0.15) is 0 Å². The van der Waals surface area contributed by atoms with E-state index in [2.05, 4.69) is 0 Å². The fourth-order valence-electron chi connectivity index (χ4n) is 7.21. The second-order valence-corrected chi connectivity index (χ2v) is 10.2. The van der Waals surface area contributed by atoms with Crippen molar-refractivity contribution in [3.63, 3.8) is 0 Å². The minimum absolute atomic E-state index is 0.0677. The summed E-state index contributed by atoms with van der Waals surface area (Å²) in [5, 5.41) is 22.4. The van der Waals surface area contributed by atoms with Crippen molar-refractivity contribution < 1.29 is 29.0 Å². The standard InChI is InChI=1S/C22H26ClFO5/c1-11-6-14-13-5-4-12-7-16(26)15(23)8-19(12,2)21(13,24)17(27)9-20(14,3)22(11,29)18(28)10-25/h7-8,10-11,13-14,17,27,29H,4-6,9H2,1-3H3/t11?,13-,14-,17?,19-,20-,21-,22-/m0/s1. The second kappa shape index (κ2) is 6.08. The Kier molecular flexibility index (Phi) is 4.38. The van der Waals surface area contributed by atoms with Crippen LogP contribution in [0.25, 0.3) is 0 Å². The number of carbonyl (C=O) groups is 3. The van der Waals surface area contributed by atoms with Gasteiger partial charge in [-0.15, -0.1) is 0 Å². The van der Waals surface area contributed by atoms with Crippen LogP contribution in [0, 0.1) is 28.6 Å². The number of aliphatic hydroxyl groups is 2. The maximum Gasteiger partial charge on any atom is 0.227 e. The number of hydrogen-bond acceptors (Lipinski definition) is 5. The molecule has 0 amide bonds. The predicted molar refractivity (Wildman–Crippen MR) is 104 cm³/mol. The molecule has 4 rings (SSSR count). The Morgan fingerprint density at radius 2 is 2.00 bits per heavy atom. The first-order valence-corrected chi connectivity index (χ1v) is 10.5. The Hall–Kier alpha value is -1.37. The fourth-order valence-corrected chi connectivity index (χ4v) is 7.49. The Labute approximate surface area is 174 Å². The molecular weight excluding hydrogens is 399 g/mol. The quantitative estimate of drug-likeness (QED) is 0.525. The van der Waals surface area contributed by atoms with E-state index in [0.29, 0.717) is 24.8 Å². The average Bonchev–Trinajstić information content (AvgIpc) is 2.85. The van der Waals surface area contributed by atoms with Gasteiger partial charge in [0.25, 0.3) is 0 Å². The van der Waals surface area contributed by atoms with Crippen molar-refractivity contribution in [3.8, 4) is 0 Å². The average molecular weight is 425 g/mol. The lowest BCUT2D eigenvalue weighted by molar-refractivity contribution is -0.218. The summed E-state index contributed by atoms with van der Waals surface area (Å²) in [4.78, 5) is 35.8. The number of aliphatic hydroxyl groups excluding tert-OH is 1. The lowest BCUT2D eigenvalue weighted by Crippen LogP contribution is -2.69. The van der Waals surface area contributed by atoms with Crippen molar-refractivity contribution in [2.45, 2.75) is 63.8 Å². The molecule has 0 spiro atoms. The van der Waals surface area contributed by atoms with Crippen molar-refractivity contribution in [1.29, 1.82) is 0 Å². The van der Waals surface area contributed by atoms with E-state index in [9.17, 15) is 24.6 Å². The van der Waals surface area contributed by atoms with Gasteiger partial charge in [0, 0.05) is 16.7 Å². The van der Waals surface area contributed by atoms with Crippen molar-refractivity contribution >= 4 is 29.5 Å². The molecule has 2 unspecified atom stereocenters. The molecule has 0 bridgehead atoms. The maximum absolute atomic E-state index is 17.0. The van der Waals surface area contributed by atoms with Crippen LogP contribution in [0.3, 0.4) is 0 Å². The molecule has 5 nitrogen and oxygen atoms in total. The van der Waals surface area contributed by atoms with Crippen molar-refractivity contribution in [2.24, 2.45) is 28.6 Å². The molecular formula is C22H26ClFO5. The highest BCUT2D eigenvalue weighted by molar-refractivity contribution is 6.44. The van der Waals surface area contributed by atoms with Gasteiger partial charge in [-0.25, -0.2) is 4.39 Å². The van der Waals surface area contributed by atoms with Crippen LogP contribution in [0.15, 0.2) is 22.8 Å². The minimum atomic E-state index is -2.10. The number of Topliss-reactive ketones (excluding diaryl/α,β-unsaturated/α-hetero) is 1. The van der Waals surface area contributed by atoms with E-state index < -0.39 is 51.7 Å². The molecule has 3 fully saturated rings. The Balaban J connectivity index is 1.86. The molecule has 0 aromatic heterocycles. The zero-order valence-corrected chi connectivity index (χ0v) is 17.5. The summed E-state index contributed by atoms with van der Waals surface area (Å²) in [6, 6.07) is 0. The van der Waals surface area contributed by atoms with Crippen LogP contribution in [0.1, 0.15) is 46.5 Å². The van der Waals surface area contributed by atoms with Gasteiger partial charge < -0.3 is 10.2 Å². The van der Waals surface area contributed by atoms with Crippen molar-refractivity contribution in [2.75, 3.05) is 0 Å². The van der Waals surface area contributed by atoms with Gasteiger partial charge >= 0.3 is 0 Å². The van der Waals surface area contributed by atoms with E-state index in [1.807, 2.05) is 0 Å². The molecule has 29 heavy (non-hydrogen) atoms. The number of alkyl halides is 1. The van der Waals surface area contributed by atoms with E-state index in [4.69, 9.17) is 11.6 Å². The fraction of sp³-hybridized carbons (Fsp3) is 0.682. The summed E-state index contributed by atoms with van der Waals surface area (Å²) in [6.45, 7) is 5.04. The number of ketones is 2. The molecule has 3 saturated carbocycles. The summed E-state index contributed by atoms with van der Waals surface area (Å²) in [5.74, 6) is -2.87. The number of aldehydes is 1. The molecule has 0 heterocycles. The molecule has 8 atom stereocenters. The summed E-state index contributed by atoms with van der Waals surface area (Å²) in [7, 11) is 0. The molecule has 2 N–H and O–H groups in total. The van der Waals surface area contributed by atoms with E-state index in [-0.39, 0.29) is 23.5 Å². The third-order valence-electron chi connectivity index (χ3n) is 8.76. The number of hydrogen-bond donors (Lipinski definition) is 2. The normalized spacial score (nSPS) is 51.3. The summed E-state index contributed by atoms with van der Waals surface area (Å²) in [6.07, 6.45) is 2.50. The van der Waals surface area contributed by atoms with Crippen LogP contribution in [-0.2, 0) is 14.4 Å². The molecule has 0 radical (unpaired) electrons. The first-order valence-electron chi connectivity index (χ1n) is 10.1. The van der Waals surface area contributed by atoms with E-state index in [0.717, 1.165) is 0 Å². The summed E-state index contributed by atoms with van der Waals surface area (Å²) >= 11 is 6.08. The largest absolute Gasteiger partial charge is 0.390 e. The Bertz CT molecular complexity index is 882. The van der Waals surface area contributed by atoms with Crippen LogP contribution in [-0.4, -0.2) is 45.4 Å². The first kappa shape index (κ1) is 20.9. The highest BCUT2D eigenvalue weighted by Crippen LogP contribution is 2.70. The van der Waals surface area contributed by atoms with Crippen LogP contribution in [0.4, 0.5) is 4.39 Å². The minimum Gasteiger partial charge on any atom is -0.390 e. The van der Waals surface area contributed by atoms with E-state index >= 15 is 4.39 Å². The van der Waals surface area contributed by atoms with Gasteiger partial charge in [0.2, 0.25) is 5.78 Å². The van der Waals surface area contributed by atoms with Crippen LogP contribution in [0.2, 0.25) is 0 Å². The molecule has 0 aliphatic heterocycles. The maximum atomic E-state index is 17.0. The summed E-state index contributed by atoms with van der Waals surface area (Å²) < 4.78 is 17.0. The van der Waals surface area contributed by atoms with Crippen molar-refractivity contribution in [3.05, 3.63) is 22.8 Å². The molecule has 0 aromatic rings. The third kappa shape index (κ3) is 2.20. The Morgan fingerprint density at radius 1 is 1.34 bits per heavy atom. The SMILES string of the molecule is CC1C[C@H]2[C@@H]3CCC4=CC(=O)C(Cl)=C[C@]4(C)[C@@]3(F)C(O)C[C@]2(C)[C@@]1(O)C(=O)C=O. The number of rotatable bonds is 2. The predicted octanol–water partition coefficient (Wildman–Crippen LogP) is 2.67. The number of allylic oxidation sites excluding steroid dienone is 4. The molecule has 7 heteroatoms. The van der Waals surface area contributed by atoms with Gasteiger partial charge in [0.05, 0.1) is 11.1 Å². The van der Waals surface area contributed by atoms with Crippen LogP contribution < -0.4 is 0 Å². The van der Waals surface area contributed by atoms with E-state index in [1.165, 1.54) is 12.2 Å². The van der Waals surface area contributed by atoms with Crippen molar-refractivity contribution in [1.82, 2.24) is 0 Å². The topological polar surface area (TPSA) is 91.7 Å². The number of halogens is 2. The zero-order valence-electron chi connectivity index (χ0n) is 16.7. The molecule has 4 aliphatic rings. The summed E-state index contributed by atoms with van der Waals surface area (Å²) in [5.41, 5.74) is -5.80. The first-order chi connectivity index (χ1) is 13.4. The number of carbonyl (C=O) groups excluding carboxylic acids is 3. The zero-order chi connectivity index (χ0) is 21.6. The monoisotopic (exact) mass is 424 g/mol. The Morgan fingerprint density at radius 3 is 2.62 bits per heavy atom. The lowest BCUT2D eigenvalue weighted by Gasteiger charge is -2.62. The van der Waals surface area contributed by atoms with Gasteiger partial charge in [0.1, 0.15) is 5.60 Å². The molecule has 0 saturated heterocycles. The van der Waals surface area contributed by atoms with Crippen LogP contribution in [0.5, 0.6) is 0 Å². The molecule has 158 valence electrons. The highest BCUT2D eigenvalue weighted by Gasteiger charge is 2.75. The smallest absolute Gasteiger partial charge is 0.227 e. The van der Waals surface area contributed by atoms with Crippen LogP contribution >= 0.6 is 11.6 Å². The molecule has 4 aliphatic carbocycles. The van der Waals surface area contributed by atoms with Gasteiger partial charge in [-0.1, -0.05) is 31.0 Å². The highest BCUT2D eigenvalue weighted by atomic mass is 35.5. The number of fused-ring (bicyclic) bond motifs is 5. The molecule has 0 aromatic carbocycles. The van der Waals surface area contributed by atoms with E-state index in [1.54, 1.807) is 20.8 Å². The van der Waals surface area contributed by atoms with Gasteiger partial charge in [-0.05, 0) is 56.6 Å². The second-order valence-electron chi connectivity index (χ2n) is 9.77. The van der Waals surface area contributed by atoms with Gasteiger partial charge in [0.15, 0.2) is 17.7 Å².